The van der Waals surface area contributed by atoms with Gasteiger partial charge in [-0.05, 0) is 128 Å². The first-order valence-corrected chi connectivity index (χ1v) is 30.9. The molecule has 1 rings (SSSR count). The highest BCUT2D eigenvalue weighted by molar-refractivity contribution is 5.74. The van der Waals surface area contributed by atoms with Crippen LogP contribution in [0.4, 0.5) is 0 Å². The number of allylic oxidation sites excluding steroid dienone is 18. The highest BCUT2D eigenvalue weighted by Crippen LogP contribution is 2.26. The Morgan fingerprint density at radius 1 is 0.430 bits per heavy atom. The van der Waals surface area contributed by atoms with Gasteiger partial charge in [-0.25, -0.2) is 4.79 Å². The van der Waals surface area contributed by atoms with Gasteiger partial charge in [0.2, 0.25) is 0 Å². The average molecular weight is 1110 g/mol. The van der Waals surface area contributed by atoms with Crippen LogP contribution in [-0.4, -0.2) is 89.2 Å². The van der Waals surface area contributed by atoms with Crippen LogP contribution in [0.15, 0.2) is 109 Å². The van der Waals surface area contributed by atoms with E-state index >= 15 is 0 Å². The van der Waals surface area contributed by atoms with Crippen molar-refractivity contribution in [1.29, 1.82) is 0 Å². The summed E-state index contributed by atoms with van der Waals surface area (Å²) < 4.78 is 28.4. The van der Waals surface area contributed by atoms with Gasteiger partial charge in [-0.15, -0.1) is 0 Å². The van der Waals surface area contributed by atoms with Crippen molar-refractivity contribution < 1.29 is 58.2 Å². The largest absolute Gasteiger partial charge is 0.479 e. The molecule has 1 aliphatic rings. The number of hydrogen-bond donors (Lipinski definition) is 3. The van der Waals surface area contributed by atoms with Crippen LogP contribution in [0.2, 0.25) is 0 Å². The minimum absolute atomic E-state index is 0.0344. The molecule has 12 heteroatoms. The van der Waals surface area contributed by atoms with E-state index in [9.17, 15) is 34.5 Å². The van der Waals surface area contributed by atoms with Crippen molar-refractivity contribution in [3.05, 3.63) is 109 Å². The van der Waals surface area contributed by atoms with Gasteiger partial charge in [0, 0.05) is 19.3 Å². The molecule has 0 amide bonds. The monoisotopic (exact) mass is 1100 g/mol. The molecule has 0 aromatic rings. The number of ether oxygens (including phenoxy) is 5. The van der Waals surface area contributed by atoms with Gasteiger partial charge >= 0.3 is 23.9 Å². The zero-order valence-electron chi connectivity index (χ0n) is 49.3. The van der Waals surface area contributed by atoms with Gasteiger partial charge in [0.1, 0.15) is 18.8 Å². The van der Waals surface area contributed by atoms with E-state index in [1.807, 2.05) is 0 Å². The first-order valence-electron chi connectivity index (χ1n) is 30.9. The van der Waals surface area contributed by atoms with E-state index in [1.165, 1.54) is 38.5 Å². The summed E-state index contributed by atoms with van der Waals surface area (Å²) in [5, 5.41) is 31.5. The van der Waals surface area contributed by atoms with Crippen molar-refractivity contribution in [1.82, 2.24) is 0 Å². The van der Waals surface area contributed by atoms with Crippen LogP contribution in [-0.2, 0) is 42.9 Å². The fraction of sp³-hybridized carbons (Fsp3) is 0.672. The molecule has 6 unspecified atom stereocenters. The van der Waals surface area contributed by atoms with E-state index in [2.05, 4.69) is 130 Å². The molecule has 0 radical (unpaired) electrons. The molecule has 0 aromatic carbocycles. The summed E-state index contributed by atoms with van der Waals surface area (Å²) >= 11 is 0. The number of rotatable bonds is 51. The number of carboxylic acid groups (broad SMARTS) is 1. The summed E-state index contributed by atoms with van der Waals surface area (Å²) in [6.07, 6.45) is 60.4. The van der Waals surface area contributed by atoms with Gasteiger partial charge in [0.25, 0.3) is 0 Å². The second-order valence-electron chi connectivity index (χ2n) is 20.6. The Hall–Kier alpha value is -4.62. The topological polar surface area (TPSA) is 175 Å². The van der Waals surface area contributed by atoms with Gasteiger partial charge in [0.15, 0.2) is 24.6 Å². The molecule has 1 saturated heterocycles. The van der Waals surface area contributed by atoms with Crippen molar-refractivity contribution in [2.45, 2.75) is 276 Å². The lowest BCUT2D eigenvalue weighted by Gasteiger charge is -2.40. The fourth-order valence-electron chi connectivity index (χ4n) is 8.57. The van der Waals surface area contributed by atoms with Gasteiger partial charge in [-0.2, -0.15) is 0 Å². The van der Waals surface area contributed by atoms with Crippen LogP contribution in [0.1, 0.15) is 239 Å². The molecule has 0 bridgehead atoms. The van der Waals surface area contributed by atoms with Crippen LogP contribution in [0.5, 0.6) is 0 Å². The smallest absolute Gasteiger partial charge is 0.335 e. The van der Waals surface area contributed by atoms with Crippen molar-refractivity contribution in [2.24, 2.45) is 0 Å². The summed E-state index contributed by atoms with van der Waals surface area (Å²) in [7, 11) is 0. The lowest BCUT2D eigenvalue weighted by molar-refractivity contribution is -0.301. The van der Waals surface area contributed by atoms with Gasteiger partial charge < -0.3 is 39.0 Å². The molecule has 0 spiro atoms. The highest BCUT2D eigenvalue weighted by Gasteiger charge is 2.50. The number of unbranched alkanes of at least 4 members (excludes halogenated alkanes) is 19. The standard InChI is InChI=1S/C67H108O12/c1-4-7-10-13-16-19-22-25-28-29-30-31-34-35-38-41-44-47-50-53-59(68)75-56-58(77-60(69)54-51-48-45-42-39-36-32-26-23-20-17-14-11-8-5-2)57-76-67-65(63(72)62(71)64(79-67)66(73)74)78-61(70)55-52-49-46-43-40-37-33-27-24-21-18-15-12-9-6-3/h7,10,16-21,25-28,30-33,35,38,58,62-65,67,71-72H,4-6,8-9,11-15,22-24,29,34,36-37,39-57H2,1-3H3,(H,73,74)/b10-7-,19-16-,20-17-,21-18-,28-25-,31-30-,32-26-,33-27-,38-35-. The second-order valence-corrected chi connectivity index (χ2v) is 20.6. The maximum absolute atomic E-state index is 13.2. The molecular formula is C67H108O12. The molecule has 448 valence electrons. The number of aliphatic hydroxyl groups is 2. The Morgan fingerprint density at radius 3 is 1.23 bits per heavy atom. The predicted octanol–water partition coefficient (Wildman–Crippen LogP) is 16.2. The normalized spacial score (nSPS) is 18.6. The third kappa shape index (κ3) is 43.8. The van der Waals surface area contributed by atoms with Gasteiger partial charge in [-0.3, -0.25) is 14.4 Å². The van der Waals surface area contributed by atoms with E-state index < -0.39 is 67.3 Å². The van der Waals surface area contributed by atoms with Crippen molar-refractivity contribution >= 4 is 23.9 Å². The van der Waals surface area contributed by atoms with E-state index in [1.54, 1.807) is 0 Å². The maximum Gasteiger partial charge on any atom is 0.335 e. The summed E-state index contributed by atoms with van der Waals surface area (Å²) in [6, 6.07) is 0. The molecule has 1 fully saturated rings. The lowest BCUT2D eigenvalue weighted by atomic mass is 9.98. The summed E-state index contributed by atoms with van der Waals surface area (Å²) in [6.45, 7) is 5.78. The minimum Gasteiger partial charge on any atom is -0.479 e. The predicted molar refractivity (Wildman–Crippen MR) is 321 cm³/mol. The number of carbonyl (C=O) groups excluding carboxylic acids is 3. The average Bonchev–Trinajstić information content (AvgIpc) is 3.46. The number of carbonyl (C=O) groups is 4. The Bertz CT molecular complexity index is 1790. The van der Waals surface area contributed by atoms with E-state index in [0.29, 0.717) is 19.3 Å². The van der Waals surface area contributed by atoms with Gasteiger partial charge in [-0.1, -0.05) is 201 Å². The van der Waals surface area contributed by atoms with E-state index in [4.69, 9.17) is 23.7 Å². The van der Waals surface area contributed by atoms with Crippen molar-refractivity contribution in [3.8, 4) is 0 Å². The molecule has 79 heavy (non-hydrogen) atoms. The fourth-order valence-corrected chi connectivity index (χ4v) is 8.57. The van der Waals surface area contributed by atoms with Crippen molar-refractivity contribution in [3.63, 3.8) is 0 Å². The second kappa shape index (κ2) is 54.0. The molecular weight excluding hydrogens is 997 g/mol. The van der Waals surface area contributed by atoms with Crippen LogP contribution in [0, 0.1) is 0 Å². The molecule has 1 heterocycles. The highest BCUT2D eigenvalue weighted by atomic mass is 16.7. The summed E-state index contributed by atoms with van der Waals surface area (Å²) in [4.78, 5) is 51.2. The number of hydrogen-bond acceptors (Lipinski definition) is 11. The SMILES string of the molecule is CC/C=C\C/C=C\C/C=C\C/C=C\C/C=C\CCCCCC(=O)OCC(COC1OC(C(=O)O)C(O)C(O)C1OC(=O)CCCCCCC/C=C\C/C=C\CCCCC)OC(=O)CCCCCCC/C=C\C/C=C\CCCCC. The number of aliphatic carboxylic acids is 1. The molecule has 0 saturated carbocycles. The van der Waals surface area contributed by atoms with E-state index in [-0.39, 0.29) is 25.9 Å². The number of esters is 3. The van der Waals surface area contributed by atoms with Crippen LogP contribution >= 0.6 is 0 Å². The van der Waals surface area contributed by atoms with Crippen LogP contribution < -0.4 is 0 Å². The molecule has 3 N–H and O–H groups in total. The lowest BCUT2D eigenvalue weighted by Crippen LogP contribution is -2.61. The molecule has 1 aliphatic heterocycles. The Kier molecular flexibility index (Phi) is 49.5. The molecule has 6 atom stereocenters. The van der Waals surface area contributed by atoms with Crippen molar-refractivity contribution in [2.75, 3.05) is 13.2 Å². The zero-order chi connectivity index (χ0) is 57.5. The molecule has 12 nitrogen and oxygen atoms in total. The Morgan fingerprint density at radius 2 is 0.797 bits per heavy atom. The van der Waals surface area contributed by atoms with E-state index in [0.717, 1.165) is 141 Å². The van der Waals surface area contributed by atoms with Gasteiger partial charge in [0.05, 0.1) is 6.61 Å². The third-order valence-electron chi connectivity index (χ3n) is 13.3. The zero-order valence-corrected chi connectivity index (χ0v) is 49.3. The minimum atomic E-state index is -1.92. The van der Waals surface area contributed by atoms with Crippen LogP contribution in [0.3, 0.4) is 0 Å². The maximum atomic E-state index is 13.2. The first kappa shape index (κ1) is 72.4. The summed E-state index contributed by atoms with van der Waals surface area (Å²) in [5.74, 6) is -3.21. The Balaban J connectivity index is 2.73. The van der Waals surface area contributed by atoms with Crippen LogP contribution in [0.25, 0.3) is 0 Å². The summed E-state index contributed by atoms with van der Waals surface area (Å²) in [5.41, 5.74) is 0. The molecule has 0 aliphatic carbocycles. The molecule has 0 aromatic heterocycles. The first-order chi connectivity index (χ1) is 38.6. The number of aliphatic hydroxyl groups excluding tert-OH is 2. The third-order valence-corrected chi connectivity index (χ3v) is 13.3. The Labute approximate surface area is 478 Å². The quantitative estimate of drug-likeness (QED) is 0.0228. The number of carboxylic acids is 1.